The molecule has 8 heteroatoms. The zero-order valence-electron chi connectivity index (χ0n) is 14.6. The number of halogens is 3. The minimum atomic E-state index is -4.70. The molecule has 0 aromatic carbocycles. The molecule has 0 aliphatic rings. The molecular formula is C15H28F3NO3S. The number of nitrogens with one attached hydrogen (secondary N) is 1. The summed E-state index contributed by atoms with van der Waals surface area (Å²) >= 11 is 0. The molecule has 0 aromatic heterocycles. The molecule has 23 heavy (non-hydrogen) atoms. The maximum Gasteiger partial charge on any atom is 0.405 e. The van der Waals surface area contributed by atoms with Crippen LogP contribution >= 0.6 is 0 Å². The molecule has 4 nitrogen and oxygen atoms in total. The van der Waals surface area contributed by atoms with Crippen LogP contribution in [0.1, 0.15) is 60.8 Å². The third kappa shape index (κ3) is 7.65. The van der Waals surface area contributed by atoms with Crippen molar-refractivity contribution >= 4 is 17.0 Å². The molecule has 0 fully saturated rings. The van der Waals surface area contributed by atoms with Crippen molar-refractivity contribution < 1.29 is 26.9 Å². The molecule has 1 N–H and O–H groups in total. The number of carbonyl (C=O) groups is 1. The molecule has 1 unspecified atom stereocenters. The zero-order chi connectivity index (χ0) is 18.4. The minimum Gasteiger partial charge on any atom is -0.462 e. The summed E-state index contributed by atoms with van der Waals surface area (Å²) in [6.07, 6.45) is -4.24. The molecule has 0 aliphatic carbocycles. The lowest BCUT2D eigenvalue weighted by molar-refractivity contribution is -0.181. The van der Waals surface area contributed by atoms with Crippen LogP contribution in [-0.4, -0.2) is 33.2 Å². The van der Waals surface area contributed by atoms with Gasteiger partial charge in [0, 0.05) is 0 Å². The van der Waals surface area contributed by atoms with Crippen LogP contribution in [0.3, 0.4) is 0 Å². The van der Waals surface area contributed by atoms with E-state index in [1.165, 1.54) is 0 Å². The van der Waals surface area contributed by atoms with Gasteiger partial charge in [-0.25, -0.2) is 8.93 Å². The standard InChI is InChI=1S/C15H28F3NO3S/c1-7-9-11(13(20)22-10(3)8-2)12(15(16,17)18)19-23(21)14(4,5)6/h10-12,19H,7-9H2,1-6H3/t10?,11-,12-,23-/m1/s1. The number of hydrogen-bond acceptors (Lipinski definition) is 3. The predicted molar refractivity (Wildman–Crippen MR) is 85.1 cm³/mol. The molecule has 0 saturated heterocycles. The zero-order valence-corrected chi connectivity index (χ0v) is 15.4. The van der Waals surface area contributed by atoms with Crippen LogP contribution in [0.2, 0.25) is 0 Å². The maximum absolute atomic E-state index is 13.4. The van der Waals surface area contributed by atoms with Crippen LogP contribution in [0.4, 0.5) is 13.2 Å². The quantitative estimate of drug-likeness (QED) is 0.672. The van der Waals surface area contributed by atoms with Crippen molar-refractivity contribution in [2.24, 2.45) is 5.92 Å². The lowest BCUT2D eigenvalue weighted by atomic mass is 9.95. The second kappa shape index (κ2) is 9.01. The number of alkyl halides is 3. The van der Waals surface area contributed by atoms with Crippen LogP contribution in [-0.2, 0) is 20.5 Å². The fraction of sp³-hybridized carbons (Fsp3) is 0.933. The molecular weight excluding hydrogens is 331 g/mol. The maximum atomic E-state index is 13.4. The average Bonchev–Trinajstić information content (AvgIpc) is 2.39. The summed E-state index contributed by atoms with van der Waals surface area (Å²) in [5.41, 5.74) is 0. The monoisotopic (exact) mass is 359 g/mol. The van der Waals surface area contributed by atoms with Crippen molar-refractivity contribution in [1.29, 1.82) is 0 Å². The number of ether oxygens (including phenoxy) is 1. The number of carbonyl (C=O) groups excluding carboxylic acids is 1. The second-order valence-electron chi connectivity index (χ2n) is 6.57. The fourth-order valence-electron chi connectivity index (χ4n) is 1.77. The van der Waals surface area contributed by atoms with Gasteiger partial charge in [-0.3, -0.25) is 4.79 Å². The van der Waals surface area contributed by atoms with E-state index >= 15 is 0 Å². The summed E-state index contributed by atoms with van der Waals surface area (Å²) < 4.78 is 58.6. The van der Waals surface area contributed by atoms with E-state index in [0.717, 1.165) is 0 Å². The van der Waals surface area contributed by atoms with Gasteiger partial charge in [0.05, 0.1) is 27.8 Å². The Morgan fingerprint density at radius 2 is 1.74 bits per heavy atom. The van der Waals surface area contributed by atoms with Gasteiger partial charge < -0.3 is 4.74 Å². The summed E-state index contributed by atoms with van der Waals surface area (Å²) in [6.45, 7) is 9.80. The Morgan fingerprint density at radius 3 is 2.09 bits per heavy atom. The van der Waals surface area contributed by atoms with Gasteiger partial charge in [0.1, 0.15) is 6.04 Å². The Balaban J connectivity index is 5.43. The summed E-state index contributed by atoms with van der Waals surface area (Å²) in [4.78, 5) is 12.2. The van der Waals surface area contributed by atoms with Crippen molar-refractivity contribution in [1.82, 2.24) is 4.72 Å². The molecule has 0 heterocycles. The van der Waals surface area contributed by atoms with Crippen LogP contribution in [0.5, 0.6) is 0 Å². The highest BCUT2D eigenvalue weighted by molar-refractivity contribution is 7.84. The van der Waals surface area contributed by atoms with Crippen molar-refractivity contribution in [3.8, 4) is 0 Å². The van der Waals surface area contributed by atoms with E-state index in [1.54, 1.807) is 41.5 Å². The first-order valence-electron chi connectivity index (χ1n) is 7.79. The highest BCUT2D eigenvalue weighted by atomic mass is 32.2. The van der Waals surface area contributed by atoms with Crippen molar-refractivity contribution in [3.05, 3.63) is 0 Å². The Hall–Kier alpha value is -0.630. The molecule has 138 valence electrons. The molecule has 0 bridgehead atoms. The minimum absolute atomic E-state index is 0.00773. The van der Waals surface area contributed by atoms with E-state index in [0.29, 0.717) is 12.8 Å². The Kier molecular flexibility index (Phi) is 8.76. The van der Waals surface area contributed by atoms with Gasteiger partial charge in [-0.05, 0) is 40.5 Å². The lowest BCUT2D eigenvalue weighted by Gasteiger charge is -2.31. The fourth-order valence-corrected chi connectivity index (χ4v) is 2.65. The molecule has 0 spiro atoms. The van der Waals surface area contributed by atoms with Gasteiger partial charge in [-0.15, -0.1) is 0 Å². The SMILES string of the molecule is CCC[C@@H](C(=O)OC(C)CC)[C@@H](N[S@](=O)C(C)(C)C)C(F)(F)F. The van der Waals surface area contributed by atoms with Crippen molar-refractivity contribution in [2.45, 2.75) is 83.9 Å². The third-order valence-electron chi connectivity index (χ3n) is 3.34. The largest absolute Gasteiger partial charge is 0.462 e. The number of esters is 1. The van der Waals surface area contributed by atoms with Gasteiger partial charge in [-0.1, -0.05) is 20.3 Å². The third-order valence-corrected chi connectivity index (χ3v) is 4.92. The van der Waals surface area contributed by atoms with Gasteiger partial charge >= 0.3 is 12.1 Å². The summed E-state index contributed by atoms with van der Waals surface area (Å²) in [6, 6.07) is -2.20. The molecule has 0 rings (SSSR count). The van der Waals surface area contributed by atoms with E-state index < -0.39 is 45.9 Å². The van der Waals surface area contributed by atoms with E-state index in [4.69, 9.17) is 4.74 Å². The Labute approximate surface area is 139 Å². The van der Waals surface area contributed by atoms with E-state index in [1.807, 2.05) is 0 Å². The van der Waals surface area contributed by atoms with Gasteiger partial charge in [0.25, 0.3) is 0 Å². The van der Waals surface area contributed by atoms with Crippen molar-refractivity contribution in [2.75, 3.05) is 0 Å². The van der Waals surface area contributed by atoms with Gasteiger partial charge in [-0.2, -0.15) is 13.2 Å². The highest BCUT2D eigenvalue weighted by Gasteiger charge is 2.49. The number of rotatable bonds is 8. The first kappa shape index (κ1) is 22.4. The molecule has 0 aromatic rings. The van der Waals surface area contributed by atoms with Crippen molar-refractivity contribution in [3.63, 3.8) is 0 Å². The van der Waals surface area contributed by atoms with E-state index in [9.17, 15) is 22.2 Å². The first-order valence-corrected chi connectivity index (χ1v) is 8.94. The van der Waals surface area contributed by atoms with Crippen LogP contribution in [0, 0.1) is 5.92 Å². The topological polar surface area (TPSA) is 55.4 Å². The summed E-state index contributed by atoms with van der Waals surface area (Å²) in [5.74, 6) is -2.32. The predicted octanol–water partition coefficient (Wildman–Crippen LogP) is 3.73. The molecule has 0 saturated carbocycles. The number of hydrogen-bond donors (Lipinski definition) is 1. The van der Waals surface area contributed by atoms with Crippen LogP contribution < -0.4 is 4.72 Å². The van der Waals surface area contributed by atoms with Gasteiger partial charge in [0.2, 0.25) is 0 Å². The smallest absolute Gasteiger partial charge is 0.405 e. The Bertz CT molecular complexity index is 408. The lowest BCUT2D eigenvalue weighted by Crippen LogP contribution is -2.53. The summed E-state index contributed by atoms with van der Waals surface area (Å²) in [5, 5.41) is 0. The highest BCUT2D eigenvalue weighted by Crippen LogP contribution is 2.31. The van der Waals surface area contributed by atoms with Crippen LogP contribution in [0.25, 0.3) is 0 Å². The second-order valence-corrected chi connectivity index (χ2v) is 8.57. The van der Waals surface area contributed by atoms with E-state index in [2.05, 4.69) is 4.72 Å². The molecule has 4 atom stereocenters. The van der Waals surface area contributed by atoms with Gasteiger partial charge in [0.15, 0.2) is 0 Å². The average molecular weight is 359 g/mol. The normalized spacial score (nSPS) is 18.1. The first-order chi connectivity index (χ1) is 10.3. The molecule has 0 radical (unpaired) electrons. The Morgan fingerprint density at radius 1 is 1.22 bits per heavy atom. The van der Waals surface area contributed by atoms with E-state index in [-0.39, 0.29) is 6.42 Å². The summed E-state index contributed by atoms with van der Waals surface area (Å²) in [7, 11) is -1.95. The van der Waals surface area contributed by atoms with Crippen LogP contribution in [0.15, 0.2) is 0 Å². The molecule has 0 amide bonds. The molecule has 0 aliphatic heterocycles.